The van der Waals surface area contributed by atoms with Gasteiger partial charge in [0, 0.05) is 12.5 Å². The summed E-state index contributed by atoms with van der Waals surface area (Å²) in [6.07, 6.45) is 2.03. The van der Waals surface area contributed by atoms with Gasteiger partial charge < -0.3 is 5.32 Å². The van der Waals surface area contributed by atoms with Crippen molar-refractivity contribution in [1.82, 2.24) is 0 Å². The first-order chi connectivity index (χ1) is 5.36. The van der Waals surface area contributed by atoms with Crippen LogP contribution in [0.25, 0.3) is 0 Å². The molecule has 55 valence electrons. The summed E-state index contributed by atoms with van der Waals surface area (Å²) in [7, 11) is 0. The molecule has 0 spiro atoms. The Kier molecular flexibility index (Phi) is 1.62. The van der Waals surface area contributed by atoms with Crippen LogP contribution in [0.2, 0.25) is 0 Å². The van der Waals surface area contributed by atoms with Gasteiger partial charge in [0.1, 0.15) is 0 Å². The molecular weight excluding hydrogens is 154 g/mol. The van der Waals surface area contributed by atoms with Crippen molar-refractivity contribution in [3.05, 3.63) is 29.8 Å². The highest BCUT2D eigenvalue weighted by molar-refractivity contribution is 7.80. The van der Waals surface area contributed by atoms with E-state index in [9.17, 15) is 0 Å². The fourth-order valence-corrected chi connectivity index (χ4v) is 1.45. The van der Waals surface area contributed by atoms with Gasteiger partial charge in [-0.1, -0.05) is 30.4 Å². The summed E-state index contributed by atoms with van der Waals surface area (Å²) in [5.74, 6) is 0. The summed E-state index contributed by atoms with van der Waals surface area (Å²) >= 11 is 5.05. The Hall–Kier alpha value is -0.890. The van der Waals surface area contributed by atoms with Crippen LogP contribution in [0.1, 0.15) is 12.0 Å². The molecule has 0 atom stereocenters. The van der Waals surface area contributed by atoms with E-state index in [1.54, 1.807) is 0 Å². The van der Waals surface area contributed by atoms with Crippen molar-refractivity contribution >= 4 is 22.9 Å². The Morgan fingerprint density at radius 1 is 1.45 bits per heavy atom. The monoisotopic (exact) mass is 162 g/mol. The fraction of sp³-hybridized carbons (Fsp3) is 0.222. The van der Waals surface area contributed by atoms with Crippen LogP contribution in [0.4, 0.5) is 5.69 Å². The lowest BCUT2D eigenvalue weighted by Crippen LogP contribution is -2.16. The molecule has 1 aromatic rings. The molecule has 0 aliphatic carbocycles. The lowest BCUT2D eigenvalue weighted by molar-refractivity contribution is 1.03. The molecule has 0 saturated carbocycles. The molecule has 1 aromatic carbocycles. The second-order valence-corrected chi connectivity index (χ2v) is 3.11. The third kappa shape index (κ3) is 1.26. The summed E-state index contributed by atoms with van der Waals surface area (Å²) in [5, 5.41) is 3.14. The maximum absolute atomic E-state index is 5.05. The Morgan fingerprint density at radius 2 is 2.36 bits per heavy atom. The zero-order valence-corrected chi connectivity index (χ0v) is 6.87. The highest BCUT2D eigenvalue weighted by Gasteiger charge is 2.09. The number of thiocarbonyl (C=S) groups is 1. The molecular formula is C9H8NS. The first kappa shape index (κ1) is 6.80. The molecule has 1 N–H and O–H groups in total. The smallest absolute Gasteiger partial charge is 0.0800 e. The maximum atomic E-state index is 5.05. The van der Waals surface area contributed by atoms with Crippen LogP contribution in [0.15, 0.2) is 18.2 Å². The van der Waals surface area contributed by atoms with Crippen molar-refractivity contribution in [3.63, 3.8) is 0 Å². The van der Waals surface area contributed by atoms with E-state index in [2.05, 4.69) is 17.4 Å². The van der Waals surface area contributed by atoms with E-state index >= 15 is 0 Å². The quantitative estimate of drug-likeness (QED) is 0.587. The van der Waals surface area contributed by atoms with Gasteiger partial charge in [0.15, 0.2) is 0 Å². The number of benzene rings is 1. The minimum atomic E-state index is 0.931. The summed E-state index contributed by atoms with van der Waals surface area (Å²) in [5.41, 5.74) is 2.38. The number of anilines is 1. The number of rotatable bonds is 0. The van der Waals surface area contributed by atoms with Gasteiger partial charge in [0.05, 0.1) is 10.7 Å². The van der Waals surface area contributed by atoms with Gasteiger partial charge in [-0.2, -0.15) is 0 Å². The van der Waals surface area contributed by atoms with E-state index in [0.29, 0.717) is 0 Å². The van der Waals surface area contributed by atoms with Crippen LogP contribution in [-0.2, 0) is 6.42 Å². The predicted molar refractivity (Wildman–Crippen MR) is 49.8 cm³/mol. The van der Waals surface area contributed by atoms with Gasteiger partial charge in [-0.05, 0) is 12.0 Å². The third-order valence-corrected chi connectivity index (χ3v) is 2.13. The van der Waals surface area contributed by atoms with Crippen LogP contribution in [0.3, 0.4) is 0 Å². The minimum absolute atomic E-state index is 0.931. The molecule has 2 rings (SSSR count). The van der Waals surface area contributed by atoms with E-state index in [1.165, 1.54) is 5.56 Å². The average Bonchev–Trinajstić information content (AvgIpc) is 2.04. The first-order valence-corrected chi connectivity index (χ1v) is 4.06. The zero-order valence-electron chi connectivity index (χ0n) is 6.05. The Morgan fingerprint density at radius 3 is 3.27 bits per heavy atom. The van der Waals surface area contributed by atoms with E-state index in [0.717, 1.165) is 23.5 Å². The average molecular weight is 162 g/mol. The molecule has 0 saturated heterocycles. The molecule has 0 bridgehead atoms. The molecule has 1 aliphatic heterocycles. The van der Waals surface area contributed by atoms with Crippen LogP contribution in [0.5, 0.6) is 0 Å². The number of nitrogens with one attached hydrogen (secondary N) is 1. The second-order valence-electron chi connectivity index (χ2n) is 2.62. The van der Waals surface area contributed by atoms with Crippen molar-refractivity contribution in [2.45, 2.75) is 12.8 Å². The largest absolute Gasteiger partial charge is 0.349 e. The topological polar surface area (TPSA) is 12.0 Å². The SMILES string of the molecule is S=C1CCc2ccc[c]c2N1. The molecule has 11 heavy (non-hydrogen) atoms. The predicted octanol–water partition coefficient (Wildman–Crippen LogP) is 2.17. The molecule has 0 unspecified atom stereocenters. The van der Waals surface area contributed by atoms with Crippen molar-refractivity contribution in [1.29, 1.82) is 0 Å². The highest BCUT2D eigenvalue weighted by atomic mass is 32.1. The number of hydrogen-bond donors (Lipinski definition) is 1. The summed E-state index contributed by atoms with van der Waals surface area (Å²) < 4.78 is 0. The maximum Gasteiger partial charge on any atom is 0.0800 e. The first-order valence-electron chi connectivity index (χ1n) is 3.66. The van der Waals surface area contributed by atoms with Gasteiger partial charge >= 0.3 is 0 Å². The Labute approximate surface area is 71.4 Å². The molecule has 1 radical (unpaired) electrons. The third-order valence-electron chi connectivity index (χ3n) is 1.83. The van der Waals surface area contributed by atoms with Gasteiger partial charge in [-0.25, -0.2) is 0 Å². The zero-order chi connectivity index (χ0) is 7.68. The van der Waals surface area contributed by atoms with E-state index < -0.39 is 0 Å². The van der Waals surface area contributed by atoms with Crippen molar-refractivity contribution in [2.75, 3.05) is 5.32 Å². The van der Waals surface area contributed by atoms with Crippen molar-refractivity contribution < 1.29 is 0 Å². The molecule has 1 nitrogen and oxygen atoms in total. The second kappa shape index (κ2) is 2.62. The van der Waals surface area contributed by atoms with Gasteiger partial charge in [0.25, 0.3) is 0 Å². The highest BCUT2D eigenvalue weighted by Crippen LogP contribution is 2.21. The summed E-state index contributed by atoms with van der Waals surface area (Å²) in [4.78, 5) is 0.931. The van der Waals surface area contributed by atoms with Gasteiger partial charge in [-0.15, -0.1) is 0 Å². The van der Waals surface area contributed by atoms with Crippen LogP contribution in [0, 0.1) is 6.07 Å². The number of fused-ring (bicyclic) bond motifs is 1. The summed E-state index contributed by atoms with van der Waals surface area (Å²) in [6.45, 7) is 0. The molecule has 1 aliphatic rings. The number of hydrogen-bond acceptors (Lipinski definition) is 1. The number of para-hydroxylation sites is 1. The lowest BCUT2D eigenvalue weighted by atomic mass is 10.0. The summed E-state index contributed by atoms with van der Waals surface area (Å²) in [6, 6.07) is 9.14. The molecule has 0 fully saturated rings. The Bertz CT molecular complexity index is 293. The van der Waals surface area contributed by atoms with Crippen LogP contribution >= 0.6 is 12.2 Å². The number of aryl methyl sites for hydroxylation is 1. The van der Waals surface area contributed by atoms with Crippen molar-refractivity contribution in [3.8, 4) is 0 Å². The fourth-order valence-electron chi connectivity index (χ4n) is 1.25. The van der Waals surface area contributed by atoms with Gasteiger partial charge in [-0.3, -0.25) is 0 Å². The van der Waals surface area contributed by atoms with Gasteiger partial charge in [0.2, 0.25) is 0 Å². The molecule has 0 aromatic heterocycles. The van der Waals surface area contributed by atoms with Crippen LogP contribution in [-0.4, -0.2) is 4.99 Å². The van der Waals surface area contributed by atoms with Crippen molar-refractivity contribution in [2.24, 2.45) is 0 Å². The van der Waals surface area contributed by atoms with E-state index in [4.69, 9.17) is 12.2 Å². The van der Waals surface area contributed by atoms with Crippen LogP contribution < -0.4 is 5.32 Å². The molecule has 1 heterocycles. The molecule has 0 amide bonds. The Balaban J connectivity index is 2.41. The molecule has 2 heteroatoms. The normalized spacial score (nSPS) is 15.5. The van der Waals surface area contributed by atoms with E-state index in [1.807, 2.05) is 12.1 Å². The lowest BCUT2D eigenvalue weighted by Gasteiger charge is -2.17. The minimum Gasteiger partial charge on any atom is -0.349 e. The standard InChI is InChI=1S/C9H8NS/c11-9-6-5-7-3-1-2-4-8(7)10-9/h1-3H,5-6H2,(H,10,11). The van der Waals surface area contributed by atoms with E-state index in [-0.39, 0.29) is 0 Å².